The number of nitrogens with zero attached hydrogens (tertiary/aromatic N) is 4. The van der Waals surface area contributed by atoms with Gasteiger partial charge in [-0.05, 0) is 30.9 Å². The molecule has 0 amide bonds. The van der Waals surface area contributed by atoms with Gasteiger partial charge in [0.2, 0.25) is 0 Å². The van der Waals surface area contributed by atoms with Crippen molar-refractivity contribution in [1.29, 1.82) is 10.8 Å². The molecule has 29 heavy (non-hydrogen) atoms. The maximum atomic E-state index is 12.7. The number of hydrogen-bond donors (Lipinski definition) is 3. The van der Waals surface area contributed by atoms with Gasteiger partial charge in [0.15, 0.2) is 5.52 Å². The van der Waals surface area contributed by atoms with Gasteiger partial charge in [-0.1, -0.05) is 6.92 Å². The predicted octanol–water partition coefficient (Wildman–Crippen LogP) is 1.57. The molecule has 4 heterocycles. The van der Waals surface area contributed by atoms with Crippen LogP contribution < -0.4 is 5.56 Å². The van der Waals surface area contributed by atoms with Crippen LogP contribution in [0.3, 0.4) is 0 Å². The van der Waals surface area contributed by atoms with Crippen LogP contribution in [0.25, 0.3) is 5.52 Å². The van der Waals surface area contributed by atoms with E-state index in [1.165, 1.54) is 6.21 Å². The number of rotatable bonds is 6. The fraction of sp³-hybridized carbons (Fsp3) is 0.550. The molecule has 2 aliphatic heterocycles. The summed E-state index contributed by atoms with van der Waals surface area (Å²) in [7, 11) is 0. The SMILES string of the molecule is CC1CN(CC(=N)/C=C\C=N)CC1c1nn2c(C3CCOCC3)ncc2c(=O)[nH]1. The lowest BCUT2D eigenvalue weighted by Gasteiger charge is -2.21. The standard InChI is InChI=1S/C20H27N7O2/c1-13-10-26(11-15(22)3-2-6-21)12-16(13)18-24-20(28)17-9-23-19(27(17)25-18)14-4-7-29-8-5-14/h2-3,6,9,13-14,16,21-22H,4-5,7-8,10-12H2,1H3,(H,24,25,28)/b3-2-,21-6?,22-15?. The first-order valence-electron chi connectivity index (χ1n) is 10.1. The second-order valence-corrected chi connectivity index (χ2v) is 7.97. The molecule has 0 aromatic carbocycles. The van der Waals surface area contributed by atoms with Gasteiger partial charge in [0.1, 0.15) is 11.6 Å². The molecular weight excluding hydrogens is 370 g/mol. The van der Waals surface area contributed by atoms with E-state index in [1.807, 2.05) is 0 Å². The van der Waals surface area contributed by atoms with Gasteiger partial charge in [0.05, 0.1) is 6.20 Å². The molecule has 9 heteroatoms. The van der Waals surface area contributed by atoms with Crippen LogP contribution >= 0.6 is 0 Å². The molecule has 0 aliphatic carbocycles. The topological polar surface area (TPSA) is 123 Å². The largest absolute Gasteiger partial charge is 0.381 e. The number of allylic oxidation sites excluding steroid dienone is 1. The highest BCUT2D eigenvalue weighted by atomic mass is 16.5. The molecule has 0 radical (unpaired) electrons. The molecule has 4 rings (SSSR count). The lowest BCUT2D eigenvalue weighted by molar-refractivity contribution is 0.0832. The first kappa shape index (κ1) is 19.7. The summed E-state index contributed by atoms with van der Waals surface area (Å²) < 4.78 is 7.19. The first-order chi connectivity index (χ1) is 14.1. The van der Waals surface area contributed by atoms with Gasteiger partial charge in [0, 0.05) is 56.6 Å². The number of nitrogens with one attached hydrogen (secondary N) is 3. The van der Waals surface area contributed by atoms with E-state index >= 15 is 0 Å². The van der Waals surface area contributed by atoms with E-state index in [-0.39, 0.29) is 17.4 Å². The van der Waals surface area contributed by atoms with Crippen molar-refractivity contribution in [3.05, 3.63) is 40.4 Å². The summed E-state index contributed by atoms with van der Waals surface area (Å²) >= 11 is 0. The van der Waals surface area contributed by atoms with Gasteiger partial charge in [0.25, 0.3) is 5.56 Å². The normalized spacial score (nSPS) is 23.9. The van der Waals surface area contributed by atoms with Crippen LogP contribution in [-0.4, -0.2) is 69.3 Å². The third-order valence-electron chi connectivity index (χ3n) is 5.86. The van der Waals surface area contributed by atoms with Crippen molar-refractivity contribution in [2.24, 2.45) is 5.92 Å². The summed E-state index contributed by atoms with van der Waals surface area (Å²) in [4.78, 5) is 22.4. The van der Waals surface area contributed by atoms with Gasteiger partial charge in [-0.3, -0.25) is 9.69 Å². The highest BCUT2D eigenvalue weighted by Gasteiger charge is 2.33. The molecule has 2 atom stereocenters. The van der Waals surface area contributed by atoms with Crippen LogP contribution in [0.1, 0.15) is 43.3 Å². The average molecular weight is 397 g/mol. The molecule has 3 N–H and O–H groups in total. The van der Waals surface area contributed by atoms with Gasteiger partial charge in [-0.25, -0.2) is 9.50 Å². The smallest absolute Gasteiger partial charge is 0.276 e. The van der Waals surface area contributed by atoms with E-state index in [1.54, 1.807) is 22.9 Å². The molecule has 2 aromatic heterocycles. The number of imidazole rings is 1. The van der Waals surface area contributed by atoms with Crippen LogP contribution in [0.5, 0.6) is 0 Å². The zero-order chi connectivity index (χ0) is 20.4. The Morgan fingerprint density at radius 3 is 2.93 bits per heavy atom. The molecule has 0 spiro atoms. The van der Waals surface area contributed by atoms with Crippen LogP contribution in [0, 0.1) is 16.7 Å². The number of hydrogen-bond acceptors (Lipinski definition) is 7. The minimum atomic E-state index is -0.159. The van der Waals surface area contributed by atoms with Crippen molar-refractivity contribution in [2.75, 3.05) is 32.8 Å². The van der Waals surface area contributed by atoms with Gasteiger partial charge < -0.3 is 20.5 Å². The Morgan fingerprint density at radius 2 is 2.17 bits per heavy atom. The maximum Gasteiger partial charge on any atom is 0.276 e. The van der Waals surface area contributed by atoms with Gasteiger partial charge in [-0.15, -0.1) is 0 Å². The monoisotopic (exact) mass is 397 g/mol. The quantitative estimate of drug-likeness (QED) is 0.639. The van der Waals surface area contributed by atoms with Crippen molar-refractivity contribution in [1.82, 2.24) is 24.5 Å². The van der Waals surface area contributed by atoms with E-state index in [2.05, 4.69) is 21.8 Å². The Hall–Kier alpha value is -2.65. The van der Waals surface area contributed by atoms with Crippen molar-refractivity contribution in [3.63, 3.8) is 0 Å². The number of ether oxygens (including phenoxy) is 1. The average Bonchev–Trinajstić information content (AvgIpc) is 3.30. The molecular formula is C20H27N7O2. The molecule has 2 saturated heterocycles. The Bertz CT molecular complexity index is 986. The summed E-state index contributed by atoms with van der Waals surface area (Å²) in [5.74, 6) is 2.19. The maximum absolute atomic E-state index is 12.7. The summed E-state index contributed by atoms with van der Waals surface area (Å²) in [6.45, 7) is 5.67. The molecule has 2 unspecified atom stereocenters. The Labute approximate surface area is 168 Å². The lowest BCUT2D eigenvalue weighted by atomic mass is 9.97. The van der Waals surface area contributed by atoms with E-state index in [0.717, 1.165) is 31.8 Å². The number of aromatic amines is 1. The van der Waals surface area contributed by atoms with E-state index in [9.17, 15) is 4.79 Å². The van der Waals surface area contributed by atoms with Crippen molar-refractivity contribution in [3.8, 4) is 0 Å². The Kier molecular flexibility index (Phi) is 5.68. The van der Waals surface area contributed by atoms with Crippen LogP contribution in [-0.2, 0) is 4.74 Å². The molecule has 2 fully saturated rings. The van der Waals surface area contributed by atoms with Crippen LogP contribution in [0.15, 0.2) is 23.1 Å². The van der Waals surface area contributed by atoms with Crippen molar-refractivity contribution < 1.29 is 4.74 Å². The van der Waals surface area contributed by atoms with Crippen LogP contribution in [0.4, 0.5) is 0 Å². The third-order valence-corrected chi connectivity index (χ3v) is 5.86. The summed E-state index contributed by atoms with van der Waals surface area (Å²) in [5.41, 5.74) is 0.791. The van der Waals surface area contributed by atoms with Crippen molar-refractivity contribution >= 4 is 17.4 Å². The second-order valence-electron chi connectivity index (χ2n) is 7.97. The summed E-state index contributed by atoms with van der Waals surface area (Å²) in [5, 5.41) is 19.9. The number of aromatic nitrogens is 4. The fourth-order valence-corrected chi connectivity index (χ4v) is 4.34. The Balaban J connectivity index is 1.58. The number of fused-ring (bicyclic) bond motifs is 1. The molecule has 154 valence electrons. The summed E-state index contributed by atoms with van der Waals surface area (Å²) in [6.07, 6.45) is 7.77. The highest BCUT2D eigenvalue weighted by molar-refractivity contribution is 5.96. The predicted molar refractivity (Wildman–Crippen MR) is 110 cm³/mol. The number of likely N-dealkylation sites (tertiary alicyclic amines) is 1. The van der Waals surface area contributed by atoms with E-state index < -0.39 is 0 Å². The molecule has 0 saturated carbocycles. The minimum absolute atomic E-state index is 0.0940. The third kappa shape index (κ3) is 4.06. The van der Waals surface area contributed by atoms with Gasteiger partial charge in [-0.2, -0.15) is 5.10 Å². The lowest BCUT2D eigenvalue weighted by Crippen LogP contribution is -2.27. The summed E-state index contributed by atoms with van der Waals surface area (Å²) in [6, 6.07) is 0. The van der Waals surface area contributed by atoms with Gasteiger partial charge >= 0.3 is 0 Å². The van der Waals surface area contributed by atoms with Crippen LogP contribution in [0.2, 0.25) is 0 Å². The zero-order valence-corrected chi connectivity index (χ0v) is 16.6. The number of H-pyrrole nitrogens is 1. The molecule has 2 aromatic rings. The van der Waals surface area contributed by atoms with E-state index in [4.69, 9.17) is 20.7 Å². The highest BCUT2D eigenvalue weighted by Crippen LogP contribution is 2.30. The second kappa shape index (κ2) is 8.38. The molecule has 2 aliphatic rings. The molecule has 0 bridgehead atoms. The van der Waals surface area contributed by atoms with E-state index in [0.29, 0.717) is 42.7 Å². The zero-order valence-electron chi connectivity index (χ0n) is 16.6. The molecule has 9 nitrogen and oxygen atoms in total. The first-order valence-corrected chi connectivity index (χ1v) is 10.1. The minimum Gasteiger partial charge on any atom is -0.381 e. The van der Waals surface area contributed by atoms with Crippen molar-refractivity contribution in [2.45, 2.75) is 31.6 Å². The Morgan fingerprint density at radius 1 is 1.38 bits per heavy atom. The fourth-order valence-electron chi connectivity index (χ4n) is 4.34.